The van der Waals surface area contributed by atoms with E-state index in [0.29, 0.717) is 26.0 Å². The number of hydrogen-bond donors (Lipinski definition) is 3. The Kier molecular flexibility index (Phi) is 6.68. The highest BCUT2D eigenvalue weighted by Gasteiger charge is 2.08. The second-order valence-corrected chi connectivity index (χ2v) is 6.64. The number of hydrogen-bond acceptors (Lipinski definition) is 3. The molecule has 0 saturated carbocycles. The van der Waals surface area contributed by atoms with Crippen molar-refractivity contribution in [3.05, 3.63) is 65.9 Å². The van der Waals surface area contributed by atoms with E-state index in [4.69, 9.17) is 9.84 Å². The highest BCUT2D eigenvalue weighted by Crippen LogP contribution is 2.24. The molecule has 1 heterocycles. The molecule has 1 amide bonds. The molecule has 6 nitrogen and oxygen atoms in total. The summed E-state index contributed by atoms with van der Waals surface area (Å²) < 4.78 is 5.90. The molecule has 0 bridgehead atoms. The lowest BCUT2D eigenvalue weighted by atomic mass is 10.1. The van der Waals surface area contributed by atoms with Gasteiger partial charge in [0.1, 0.15) is 12.4 Å². The van der Waals surface area contributed by atoms with E-state index in [1.165, 1.54) is 0 Å². The van der Waals surface area contributed by atoms with Gasteiger partial charge in [-0.15, -0.1) is 0 Å². The van der Waals surface area contributed by atoms with E-state index in [2.05, 4.69) is 10.3 Å². The van der Waals surface area contributed by atoms with Gasteiger partial charge in [0.05, 0.1) is 0 Å². The van der Waals surface area contributed by atoms with Crippen LogP contribution in [0.1, 0.15) is 30.4 Å². The highest BCUT2D eigenvalue weighted by atomic mass is 16.5. The third-order valence-electron chi connectivity index (χ3n) is 4.50. The zero-order chi connectivity index (χ0) is 19.8. The summed E-state index contributed by atoms with van der Waals surface area (Å²) >= 11 is 0. The molecule has 0 atom stereocenters. The van der Waals surface area contributed by atoms with Crippen molar-refractivity contribution in [3.8, 4) is 5.75 Å². The van der Waals surface area contributed by atoms with Crippen molar-refractivity contribution in [2.75, 3.05) is 6.54 Å². The molecule has 3 N–H and O–H groups in total. The van der Waals surface area contributed by atoms with Crippen LogP contribution in [-0.2, 0) is 22.6 Å². The lowest BCUT2D eigenvalue weighted by Gasteiger charge is -2.07. The summed E-state index contributed by atoms with van der Waals surface area (Å²) in [5.41, 5.74) is 3.24. The molecule has 0 unspecified atom stereocenters. The number of aromatic nitrogens is 1. The van der Waals surface area contributed by atoms with Gasteiger partial charge in [-0.2, -0.15) is 0 Å². The van der Waals surface area contributed by atoms with E-state index >= 15 is 0 Å². The highest BCUT2D eigenvalue weighted by molar-refractivity contribution is 5.84. The van der Waals surface area contributed by atoms with E-state index < -0.39 is 5.97 Å². The van der Waals surface area contributed by atoms with Crippen LogP contribution in [0.5, 0.6) is 5.75 Å². The molecule has 0 aliphatic heterocycles. The van der Waals surface area contributed by atoms with E-state index in [9.17, 15) is 9.59 Å². The van der Waals surface area contributed by atoms with Crippen LogP contribution in [0.25, 0.3) is 10.9 Å². The number of ether oxygens (including phenoxy) is 1. The first-order valence-electron chi connectivity index (χ1n) is 9.37. The van der Waals surface area contributed by atoms with Gasteiger partial charge >= 0.3 is 5.97 Å². The number of aromatic amines is 1. The molecule has 0 spiro atoms. The van der Waals surface area contributed by atoms with Crippen LogP contribution in [0.15, 0.2) is 54.7 Å². The van der Waals surface area contributed by atoms with Crippen LogP contribution in [-0.4, -0.2) is 28.5 Å². The third-order valence-corrected chi connectivity index (χ3v) is 4.50. The van der Waals surface area contributed by atoms with E-state index in [1.54, 1.807) is 0 Å². The molecule has 0 aliphatic carbocycles. The average molecular weight is 380 g/mol. The number of carbonyl (C=O) groups is 2. The van der Waals surface area contributed by atoms with Gasteiger partial charge in [0.15, 0.2) is 0 Å². The molecule has 146 valence electrons. The average Bonchev–Trinajstić information content (AvgIpc) is 3.09. The van der Waals surface area contributed by atoms with Crippen molar-refractivity contribution >= 4 is 22.8 Å². The van der Waals surface area contributed by atoms with E-state index in [-0.39, 0.29) is 18.7 Å². The minimum absolute atomic E-state index is 0.0155. The second kappa shape index (κ2) is 9.60. The fraction of sp³-hybridized carbons (Fsp3) is 0.273. The molecule has 3 aromatic rings. The normalized spacial score (nSPS) is 10.7. The fourth-order valence-electron chi connectivity index (χ4n) is 3.02. The number of nitrogens with one attached hydrogen (secondary N) is 2. The lowest BCUT2D eigenvalue weighted by Crippen LogP contribution is -2.25. The van der Waals surface area contributed by atoms with Gasteiger partial charge in [-0.3, -0.25) is 9.59 Å². The number of carboxylic acids is 1. The Hall–Kier alpha value is -3.28. The fourth-order valence-corrected chi connectivity index (χ4v) is 3.02. The number of carbonyl (C=O) groups excluding carboxylic acids is 1. The smallest absolute Gasteiger partial charge is 0.303 e. The summed E-state index contributed by atoms with van der Waals surface area (Å²) in [4.78, 5) is 25.5. The van der Waals surface area contributed by atoms with Crippen LogP contribution < -0.4 is 10.1 Å². The van der Waals surface area contributed by atoms with Crippen LogP contribution in [0.3, 0.4) is 0 Å². The molecule has 6 heteroatoms. The van der Waals surface area contributed by atoms with Crippen molar-refractivity contribution in [3.63, 3.8) is 0 Å². The van der Waals surface area contributed by atoms with Gasteiger partial charge in [0.25, 0.3) is 0 Å². The number of rotatable bonds is 10. The van der Waals surface area contributed by atoms with Gasteiger partial charge in [-0.05, 0) is 42.2 Å². The topological polar surface area (TPSA) is 91.4 Å². The maximum absolute atomic E-state index is 11.8. The zero-order valence-corrected chi connectivity index (χ0v) is 15.6. The quantitative estimate of drug-likeness (QED) is 0.501. The lowest BCUT2D eigenvalue weighted by molar-refractivity contribution is -0.137. The Morgan fingerprint density at radius 1 is 1.07 bits per heavy atom. The minimum Gasteiger partial charge on any atom is -0.489 e. The molecule has 1 aromatic heterocycles. The third kappa shape index (κ3) is 5.61. The minimum atomic E-state index is -0.878. The summed E-state index contributed by atoms with van der Waals surface area (Å²) in [6, 6.07) is 16.0. The maximum atomic E-state index is 11.8. The van der Waals surface area contributed by atoms with Gasteiger partial charge < -0.3 is 20.1 Å². The second-order valence-electron chi connectivity index (χ2n) is 6.64. The van der Waals surface area contributed by atoms with Crippen LogP contribution in [0, 0.1) is 0 Å². The number of benzene rings is 2. The Morgan fingerprint density at radius 2 is 1.89 bits per heavy atom. The standard InChI is InChI=1S/C22H24N2O4/c25-21(7-4-8-22(26)27)23-12-11-17-14-24-20-10-9-18(13-19(17)20)28-15-16-5-2-1-3-6-16/h1-3,5-6,9-10,13-14,24H,4,7-8,11-12,15H2,(H,23,25)(H,26,27). The molecule has 0 radical (unpaired) electrons. The van der Waals surface area contributed by atoms with Crippen molar-refractivity contribution < 1.29 is 19.4 Å². The van der Waals surface area contributed by atoms with Crippen LogP contribution in [0.4, 0.5) is 0 Å². The molecular weight excluding hydrogens is 356 g/mol. The number of amides is 1. The summed E-state index contributed by atoms with van der Waals surface area (Å²) in [5.74, 6) is -0.195. The van der Waals surface area contributed by atoms with Gasteiger partial charge in [0.2, 0.25) is 5.91 Å². The number of H-pyrrole nitrogens is 1. The van der Waals surface area contributed by atoms with Crippen LogP contribution >= 0.6 is 0 Å². The van der Waals surface area contributed by atoms with Crippen LogP contribution in [0.2, 0.25) is 0 Å². The molecule has 0 saturated heterocycles. The molecule has 3 rings (SSSR count). The molecule has 28 heavy (non-hydrogen) atoms. The van der Waals surface area contributed by atoms with Crippen molar-refractivity contribution in [2.24, 2.45) is 0 Å². The van der Waals surface area contributed by atoms with Gasteiger partial charge in [0, 0.05) is 36.5 Å². The Labute approximate surface area is 163 Å². The predicted octanol–water partition coefficient (Wildman–Crippen LogP) is 3.66. The Bertz CT molecular complexity index is 934. The largest absolute Gasteiger partial charge is 0.489 e. The Morgan fingerprint density at radius 3 is 2.68 bits per heavy atom. The summed E-state index contributed by atoms with van der Waals surface area (Å²) in [6.45, 7) is 1.02. The van der Waals surface area contributed by atoms with Gasteiger partial charge in [-0.25, -0.2) is 0 Å². The summed E-state index contributed by atoms with van der Waals surface area (Å²) in [6.07, 6.45) is 3.24. The van der Waals surface area contributed by atoms with E-state index in [1.807, 2.05) is 54.7 Å². The molecular formula is C22H24N2O4. The molecule has 0 aliphatic rings. The summed E-state index contributed by atoms with van der Waals surface area (Å²) in [7, 11) is 0. The predicted molar refractivity (Wildman–Crippen MR) is 107 cm³/mol. The van der Waals surface area contributed by atoms with E-state index in [0.717, 1.165) is 27.8 Å². The number of aliphatic carboxylic acids is 1. The first-order valence-corrected chi connectivity index (χ1v) is 9.37. The SMILES string of the molecule is O=C(O)CCCC(=O)NCCc1c[nH]c2ccc(OCc3ccccc3)cc12. The monoisotopic (exact) mass is 380 g/mol. The Balaban J connectivity index is 1.53. The van der Waals surface area contributed by atoms with Crippen molar-refractivity contribution in [1.82, 2.24) is 10.3 Å². The first-order chi connectivity index (χ1) is 13.6. The molecule has 2 aromatic carbocycles. The maximum Gasteiger partial charge on any atom is 0.303 e. The number of carboxylic acid groups (broad SMARTS) is 1. The van der Waals surface area contributed by atoms with Crippen molar-refractivity contribution in [1.29, 1.82) is 0 Å². The zero-order valence-electron chi connectivity index (χ0n) is 15.6. The summed E-state index contributed by atoms with van der Waals surface area (Å²) in [5, 5.41) is 12.5. The van der Waals surface area contributed by atoms with Crippen molar-refractivity contribution in [2.45, 2.75) is 32.3 Å². The first kappa shape index (κ1) is 19.5. The number of fused-ring (bicyclic) bond motifs is 1. The molecule has 0 fully saturated rings. The van der Waals surface area contributed by atoms with Gasteiger partial charge in [-0.1, -0.05) is 30.3 Å².